The van der Waals surface area contributed by atoms with Crippen LogP contribution in [0.25, 0.3) is 0 Å². The van der Waals surface area contributed by atoms with Crippen LogP contribution in [-0.4, -0.2) is 46.9 Å². The van der Waals surface area contributed by atoms with Gasteiger partial charge in [0.1, 0.15) is 0 Å². The van der Waals surface area contributed by atoms with Gasteiger partial charge >= 0.3 is 0 Å². The smallest absolute Gasteiger partial charge is 0.226 e. The molecule has 25 heavy (non-hydrogen) atoms. The molecule has 1 aliphatic carbocycles. The van der Waals surface area contributed by atoms with Crippen LogP contribution in [0.2, 0.25) is 0 Å². The molecule has 1 amide bonds. The van der Waals surface area contributed by atoms with Gasteiger partial charge in [-0.15, -0.1) is 11.3 Å². The Balaban J connectivity index is 1.32. The molecule has 0 spiro atoms. The molecular weight excluding hydrogens is 330 g/mol. The van der Waals surface area contributed by atoms with Crippen molar-refractivity contribution in [1.29, 1.82) is 0 Å². The SMILES string of the molecule is O=C(C1CCCN(Cc2csc(C3CCCC3)n2)C1)N1CCCCC1. The number of aromatic nitrogens is 1. The lowest BCUT2D eigenvalue weighted by atomic mass is 9.95. The quantitative estimate of drug-likeness (QED) is 0.812. The van der Waals surface area contributed by atoms with Gasteiger partial charge in [-0.25, -0.2) is 4.98 Å². The predicted molar refractivity (Wildman–Crippen MR) is 102 cm³/mol. The first-order valence-corrected chi connectivity index (χ1v) is 11.1. The standard InChI is InChI=1S/C20H31N3OS/c24-20(23-11-4-1-5-12-23)17-9-6-10-22(13-17)14-18-15-25-19(21-18)16-7-2-3-8-16/h15-17H,1-14H2. The average Bonchev–Trinajstić information content (AvgIpc) is 3.34. The van der Waals surface area contributed by atoms with Crippen LogP contribution in [0.1, 0.15) is 74.4 Å². The molecule has 1 unspecified atom stereocenters. The zero-order chi connectivity index (χ0) is 17.1. The molecule has 3 fully saturated rings. The summed E-state index contributed by atoms with van der Waals surface area (Å²) in [5.41, 5.74) is 1.22. The molecule has 3 heterocycles. The summed E-state index contributed by atoms with van der Waals surface area (Å²) in [6.45, 7) is 4.91. The van der Waals surface area contributed by atoms with Crippen LogP contribution in [0.4, 0.5) is 0 Å². The summed E-state index contributed by atoms with van der Waals surface area (Å²) in [5.74, 6) is 1.34. The number of thiazole rings is 1. The van der Waals surface area contributed by atoms with Crippen molar-refractivity contribution in [3.05, 3.63) is 16.1 Å². The molecule has 1 aromatic rings. The van der Waals surface area contributed by atoms with Crippen LogP contribution in [0.15, 0.2) is 5.38 Å². The van der Waals surface area contributed by atoms with Crippen molar-refractivity contribution in [2.45, 2.75) is 70.3 Å². The first kappa shape index (κ1) is 17.5. The van der Waals surface area contributed by atoms with E-state index in [1.54, 1.807) is 0 Å². The second-order valence-corrected chi connectivity index (χ2v) is 9.01. The lowest BCUT2D eigenvalue weighted by molar-refractivity contribution is -0.138. The van der Waals surface area contributed by atoms with Gasteiger partial charge in [-0.3, -0.25) is 9.69 Å². The molecular formula is C20H31N3OS. The van der Waals surface area contributed by atoms with Crippen molar-refractivity contribution < 1.29 is 4.79 Å². The Morgan fingerprint density at radius 1 is 1.04 bits per heavy atom. The fourth-order valence-electron chi connectivity index (χ4n) is 4.76. The number of amides is 1. The summed E-state index contributed by atoms with van der Waals surface area (Å²) in [6.07, 6.45) is 11.2. The summed E-state index contributed by atoms with van der Waals surface area (Å²) in [4.78, 5) is 22.3. The van der Waals surface area contributed by atoms with E-state index in [1.165, 1.54) is 55.6 Å². The van der Waals surface area contributed by atoms with Crippen LogP contribution < -0.4 is 0 Å². The van der Waals surface area contributed by atoms with Gasteiger partial charge in [0.2, 0.25) is 5.91 Å². The van der Waals surface area contributed by atoms with E-state index in [-0.39, 0.29) is 5.92 Å². The van der Waals surface area contributed by atoms with Gasteiger partial charge in [0, 0.05) is 37.5 Å². The van der Waals surface area contributed by atoms with Gasteiger partial charge in [-0.2, -0.15) is 0 Å². The molecule has 0 radical (unpaired) electrons. The van der Waals surface area contributed by atoms with Gasteiger partial charge in [0.15, 0.2) is 0 Å². The van der Waals surface area contributed by atoms with Gasteiger partial charge < -0.3 is 4.90 Å². The lowest BCUT2D eigenvalue weighted by Gasteiger charge is -2.36. The van der Waals surface area contributed by atoms with Crippen LogP contribution in [0, 0.1) is 5.92 Å². The molecule has 138 valence electrons. The van der Waals surface area contributed by atoms with Crippen molar-refractivity contribution in [2.75, 3.05) is 26.2 Å². The maximum atomic E-state index is 12.8. The van der Waals surface area contributed by atoms with E-state index >= 15 is 0 Å². The van der Waals surface area contributed by atoms with Crippen molar-refractivity contribution in [2.24, 2.45) is 5.92 Å². The van der Waals surface area contributed by atoms with E-state index in [0.717, 1.165) is 45.6 Å². The third-order valence-corrected chi connectivity index (χ3v) is 7.24. The minimum absolute atomic E-state index is 0.208. The van der Waals surface area contributed by atoms with Crippen molar-refractivity contribution in [1.82, 2.24) is 14.8 Å². The summed E-state index contributed by atoms with van der Waals surface area (Å²) in [7, 11) is 0. The van der Waals surface area contributed by atoms with Crippen molar-refractivity contribution >= 4 is 17.2 Å². The summed E-state index contributed by atoms with van der Waals surface area (Å²) < 4.78 is 0. The highest BCUT2D eigenvalue weighted by Crippen LogP contribution is 2.35. The third kappa shape index (κ3) is 4.25. The topological polar surface area (TPSA) is 36.4 Å². The zero-order valence-corrected chi connectivity index (χ0v) is 16.1. The van der Waals surface area contributed by atoms with Crippen LogP contribution in [-0.2, 0) is 11.3 Å². The maximum absolute atomic E-state index is 12.8. The number of piperidine rings is 2. The van der Waals surface area contributed by atoms with E-state index in [1.807, 2.05) is 11.3 Å². The average molecular weight is 362 g/mol. The van der Waals surface area contributed by atoms with Crippen molar-refractivity contribution in [3.8, 4) is 0 Å². The minimum atomic E-state index is 0.208. The van der Waals surface area contributed by atoms with Gasteiger partial charge in [0.05, 0.1) is 16.6 Å². The molecule has 2 saturated heterocycles. The molecule has 3 aliphatic rings. The molecule has 4 nitrogen and oxygen atoms in total. The van der Waals surface area contributed by atoms with E-state index in [9.17, 15) is 4.79 Å². The molecule has 1 saturated carbocycles. The first-order chi connectivity index (χ1) is 12.3. The normalized spacial score (nSPS) is 26.2. The third-order valence-electron chi connectivity index (χ3n) is 6.18. The van der Waals surface area contributed by atoms with E-state index in [0.29, 0.717) is 11.8 Å². The van der Waals surface area contributed by atoms with E-state index in [4.69, 9.17) is 4.98 Å². The number of hydrogen-bond donors (Lipinski definition) is 0. The molecule has 0 bridgehead atoms. The molecule has 1 aromatic heterocycles. The van der Waals surface area contributed by atoms with Crippen LogP contribution in [0.5, 0.6) is 0 Å². The molecule has 0 N–H and O–H groups in total. The van der Waals surface area contributed by atoms with Crippen LogP contribution >= 0.6 is 11.3 Å². The number of hydrogen-bond acceptors (Lipinski definition) is 4. The number of rotatable bonds is 4. The Hall–Kier alpha value is -0.940. The summed E-state index contributed by atoms with van der Waals surface area (Å²) >= 11 is 1.85. The minimum Gasteiger partial charge on any atom is -0.342 e. The highest BCUT2D eigenvalue weighted by molar-refractivity contribution is 7.09. The van der Waals surface area contributed by atoms with Gasteiger partial charge in [0.25, 0.3) is 0 Å². The molecule has 5 heteroatoms. The van der Waals surface area contributed by atoms with E-state index in [2.05, 4.69) is 15.2 Å². The second kappa shape index (κ2) is 8.17. The Labute approximate surface area is 155 Å². The van der Waals surface area contributed by atoms with Crippen molar-refractivity contribution in [3.63, 3.8) is 0 Å². The number of carbonyl (C=O) groups is 1. The zero-order valence-electron chi connectivity index (χ0n) is 15.3. The fraction of sp³-hybridized carbons (Fsp3) is 0.800. The Morgan fingerprint density at radius 3 is 2.64 bits per heavy atom. The monoisotopic (exact) mass is 361 g/mol. The molecule has 0 aromatic carbocycles. The predicted octanol–water partition coefficient (Wildman–Crippen LogP) is 4.03. The van der Waals surface area contributed by atoms with Gasteiger partial charge in [-0.1, -0.05) is 12.8 Å². The number of likely N-dealkylation sites (tertiary alicyclic amines) is 2. The fourth-order valence-corrected chi connectivity index (χ4v) is 5.74. The molecule has 4 rings (SSSR count). The highest BCUT2D eigenvalue weighted by atomic mass is 32.1. The number of carbonyl (C=O) groups excluding carboxylic acids is 1. The van der Waals surface area contributed by atoms with Gasteiger partial charge in [-0.05, 0) is 51.5 Å². The molecule has 2 aliphatic heterocycles. The van der Waals surface area contributed by atoms with E-state index < -0.39 is 0 Å². The Kier molecular flexibility index (Phi) is 5.71. The first-order valence-electron chi connectivity index (χ1n) is 10.2. The largest absolute Gasteiger partial charge is 0.342 e. The number of nitrogens with zero attached hydrogens (tertiary/aromatic N) is 3. The molecule has 1 atom stereocenters. The highest BCUT2D eigenvalue weighted by Gasteiger charge is 2.30. The Morgan fingerprint density at radius 2 is 1.84 bits per heavy atom. The maximum Gasteiger partial charge on any atom is 0.226 e. The summed E-state index contributed by atoms with van der Waals surface area (Å²) in [6, 6.07) is 0. The Bertz CT molecular complexity index is 575. The second-order valence-electron chi connectivity index (χ2n) is 8.12. The lowest BCUT2D eigenvalue weighted by Crippen LogP contribution is -2.46. The van der Waals surface area contributed by atoms with Crippen LogP contribution in [0.3, 0.4) is 0 Å². The summed E-state index contributed by atoms with van der Waals surface area (Å²) in [5, 5.41) is 3.61.